The lowest BCUT2D eigenvalue weighted by Gasteiger charge is -2.23. The number of nitrogens with one attached hydrogen (secondary N) is 1. The number of aliphatic carboxylic acids is 1. The fourth-order valence-electron chi connectivity index (χ4n) is 1.08. The van der Waals surface area contributed by atoms with E-state index >= 15 is 0 Å². The SMILES string of the molecule is CCC(C)(OC)c1nc(SCC(=O)O)n[nH]1. The van der Waals surface area contributed by atoms with Gasteiger partial charge >= 0.3 is 5.97 Å². The number of aromatic nitrogens is 3. The summed E-state index contributed by atoms with van der Waals surface area (Å²) in [7, 11) is 1.61. The Morgan fingerprint density at radius 3 is 2.88 bits per heavy atom. The van der Waals surface area contributed by atoms with E-state index in [9.17, 15) is 4.79 Å². The van der Waals surface area contributed by atoms with Gasteiger partial charge in [0.2, 0.25) is 5.16 Å². The van der Waals surface area contributed by atoms with E-state index in [0.717, 1.165) is 18.2 Å². The average Bonchev–Trinajstić information content (AvgIpc) is 2.74. The molecule has 1 rings (SSSR count). The summed E-state index contributed by atoms with van der Waals surface area (Å²) in [4.78, 5) is 14.6. The van der Waals surface area contributed by atoms with Gasteiger partial charge in [0, 0.05) is 7.11 Å². The summed E-state index contributed by atoms with van der Waals surface area (Å²) in [6.07, 6.45) is 0.752. The van der Waals surface area contributed by atoms with Crippen LogP contribution < -0.4 is 0 Å². The number of aromatic amines is 1. The Balaban J connectivity index is 2.74. The molecule has 0 fully saturated rings. The smallest absolute Gasteiger partial charge is 0.313 e. The van der Waals surface area contributed by atoms with Gasteiger partial charge in [-0.25, -0.2) is 4.98 Å². The highest BCUT2D eigenvalue weighted by molar-refractivity contribution is 7.99. The number of hydrogen-bond donors (Lipinski definition) is 2. The van der Waals surface area contributed by atoms with Gasteiger partial charge in [0.1, 0.15) is 5.60 Å². The molecule has 2 N–H and O–H groups in total. The molecule has 0 aromatic carbocycles. The topological polar surface area (TPSA) is 88.1 Å². The molecular formula is C9H15N3O3S. The minimum absolute atomic E-state index is 0.0485. The summed E-state index contributed by atoms with van der Waals surface area (Å²) in [5.41, 5.74) is -0.505. The van der Waals surface area contributed by atoms with Crippen molar-refractivity contribution in [3.05, 3.63) is 5.82 Å². The first kappa shape index (κ1) is 13.0. The van der Waals surface area contributed by atoms with Crippen LogP contribution in [0.2, 0.25) is 0 Å². The first-order valence-electron chi connectivity index (χ1n) is 4.84. The summed E-state index contributed by atoms with van der Waals surface area (Å²) in [5.74, 6) is -0.320. The Kier molecular flexibility index (Phi) is 4.31. The van der Waals surface area contributed by atoms with E-state index < -0.39 is 11.6 Å². The molecule has 0 amide bonds. The second kappa shape index (κ2) is 5.31. The largest absolute Gasteiger partial charge is 0.481 e. The molecule has 0 bridgehead atoms. The van der Waals surface area contributed by atoms with Gasteiger partial charge in [0.25, 0.3) is 0 Å². The zero-order valence-electron chi connectivity index (χ0n) is 9.48. The predicted octanol–water partition coefficient (Wildman–Crippen LogP) is 1.25. The molecule has 0 saturated carbocycles. The molecule has 6 nitrogen and oxygen atoms in total. The number of H-pyrrole nitrogens is 1. The van der Waals surface area contributed by atoms with Crippen molar-refractivity contribution >= 4 is 17.7 Å². The molecule has 1 unspecified atom stereocenters. The maximum absolute atomic E-state index is 10.4. The number of thioether (sulfide) groups is 1. The number of hydrogen-bond acceptors (Lipinski definition) is 5. The fourth-order valence-corrected chi connectivity index (χ4v) is 1.60. The van der Waals surface area contributed by atoms with E-state index in [-0.39, 0.29) is 5.75 Å². The van der Waals surface area contributed by atoms with Gasteiger partial charge < -0.3 is 9.84 Å². The number of rotatable bonds is 6. The second-order valence-corrected chi connectivity index (χ2v) is 4.38. The Morgan fingerprint density at radius 2 is 2.38 bits per heavy atom. The molecule has 90 valence electrons. The van der Waals surface area contributed by atoms with Crippen LogP contribution in [0.3, 0.4) is 0 Å². The number of methoxy groups -OCH3 is 1. The van der Waals surface area contributed by atoms with Crippen molar-refractivity contribution < 1.29 is 14.6 Å². The number of carboxylic acid groups (broad SMARTS) is 1. The maximum atomic E-state index is 10.4. The van der Waals surface area contributed by atoms with Crippen molar-refractivity contribution in [3.63, 3.8) is 0 Å². The minimum atomic E-state index is -0.888. The summed E-state index contributed by atoms with van der Waals surface area (Å²) in [6, 6.07) is 0. The van der Waals surface area contributed by atoms with Gasteiger partial charge in [-0.15, -0.1) is 5.10 Å². The quantitative estimate of drug-likeness (QED) is 0.733. The van der Waals surface area contributed by atoms with Gasteiger partial charge in [-0.3, -0.25) is 9.89 Å². The van der Waals surface area contributed by atoms with Crippen LogP contribution in [0.15, 0.2) is 5.16 Å². The van der Waals surface area contributed by atoms with Crippen LogP contribution in [0.4, 0.5) is 0 Å². The van der Waals surface area contributed by atoms with Gasteiger partial charge in [0.15, 0.2) is 5.82 Å². The zero-order chi connectivity index (χ0) is 12.2. The standard InChI is InChI=1S/C9H15N3O3S/c1-4-9(2,15-3)7-10-8(12-11-7)16-5-6(13)14/h4-5H2,1-3H3,(H,13,14)(H,10,11,12). The van der Waals surface area contributed by atoms with Crippen molar-refractivity contribution in [2.24, 2.45) is 0 Å². The van der Waals surface area contributed by atoms with Crippen molar-refractivity contribution in [3.8, 4) is 0 Å². The highest BCUT2D eigenvalue weighted by Gasteiger charge is 2.28. The van der Waals surface area contributed by atoms with Gasteiger partial charge in [-0.1, -0.05) is 18.7 Å². The molecule has 0 spiro atoms. The monoisotopic (exact) mass is 245 g/mol. The van der Waals surface area contributed by atoms with Crippen LogP contribution in [0.1, 0.15) is 26.1 Å². The highest BCUT2D eigenvalue weighted by Crippen LogP contribution is 2.26. The Labute approximate surface area is 97.8 Å². The molecule has 7 heteroatoms. The Bertz CT molecular complexity index is 363. The van der Waals surface area contributed by atoms with E-state index in [1.54, 1.807) is 7.11 Å². The van der Waals surface area contributed by atoms with E-state index in [0.29, 0.717) is 11.0 Å². The zero-order valence-corrected chi connectivity index (χ0v) is 10.3. The minimum Gasteiger partial charge on any atom is -0.481 e. The molecule has 0 aliphatic heterocycles. The van der Waals surface area contributed by atoms with Crippen LogP contribution in [0.25, 0.3) is 0 Å². The lowest BCUT2D eigenvalue weighted by Crippen LogP contribution is -2.24. The molecule has 0 aliphatic carbocycles. The number of carbonyl (C=O) groups is 1. The van der Waals surface area contributed by atoms with E-state index in [1.807, 2.05) is 13.8 Å². The second-order valence-electron chi connectivity index (χ2n) is 3.44. The highest BCUT2D eigenvalue weighted by atomic mass is 32.2. The van der Waals surface area contributed by atoms with Crippen LogP contribution in [-0.2, 0) is 15.1 Å². The first-order valence-corrected chi connectivity index (χ1v) is 5.83. The maximum Gasteiger partial charge on any atom is 0.313 e. The molecule has 16 heavy (non-hydrogen) atoms. The van der Waals surface area contributed by atoms with Gasteiger partial charge in [0.05, 0.1) is 5.75 Å². The fraction of sp³-hybridized carbons (Fsp3) is 0.667. The normalized spacial score (nSPS) is 14.7. The Morgan fingerprint density at radius 1 is 1.69 bits per heavy atom. The third-order valence-corrected chi connectivity index (χ3v) is 3.25. The summed E-state index contributed by atoms with van der Waals surface area (Å²) < 4.78 is 5.35. The molecule has 1 heterocycles. The molecule has 0 aliphatic rings. The number of carboxylic acids is 1. The summed E-state index contributed by atoms with van der Waals surface area (Å²) in [5, 5.41) is 15.7. The van der Waals surface area contributed by atoms with E-state index in [1.165, 1.54) is 0 Å². The van der Waals surface area contributed by atoms with Crippen LogP contribution in [0, 0.1) is 0 Å². The number of ether oxygens (including phenoxy) is 1. The summed E-state index contributed by atoms with van der Waals surface area (Å²) in [6.45, 7) is 3.88. The molecule has 1 aromatic heterocycles. The molecule has 0 saturated heterocycles. The molecule has 1 aromatic rings. The van der Waals surface area contributed by atoms with E-state index in [2.05, 4.69) is 15.2 Å². The number of nitrogens with zero attached hydrogens (tertiary/aromatic N) is 2. The molecule has 0 radical (unpaired) electrons. The predicted molar refractivity (Wildman–Crippen MR) is 59.4 cm³/mol. The molecule has 1 atom stereocenters. The van der Waals surface area contributed by atoms with Crippen LogP contribution in [0.5, 0.6) is 0 Å². The third-order valence-electron chi connectivity index (χ3n) is 2.42. The summed E-state index contributed by atoms with van der Waals surface area (Å²) >= 11 is 1.08. The first-order chi connectivity index (χ1) is 7.51. The average molecular weight is 245 g/mol. The van der Waals surface area contributed by atoms with E-state index in [4.69, 9.17) is 9.84 Å². The van der Waals surface area contributed by atoms with Gasteiger partial charge in [-0.2, -0.15) is 0 Å². The van der Waals surface area contributed by atoms with Crippen molar-refractivity contribution in [2.75, 3.05) is 12.9 Å². The lowest BCUT2D eigenvalue weighted by atomic mass is 10.0. The third kappa shape index (κ3) is 2.96. The Hall–Kier alpha value is -1.08. The van der Waals surface area contributed by atoms with Crippen molar-refractivity contribution in [2.45, 2.75) is 31.0 Å². The van der Waals surface area contributed by atoms with Gasteiger partial charge in [-0.05, 0) is 13.3 Å². The van der Waals surface area contributed by atoms with Crippen LogP contribution in [-0.4, -0.2) is 39.1 Å². The van der Waals surface area contributed by atoms with Crippen molar-refractivity contribution in [1.29, 1.82) is 0 Å². The lowest BCUT2D eigenvalue weighted by molar-refractivity contribution is -0.133. The molecular weight excluding hydrogens is 230 g/mol. The van der Waals surface area contributed by atoms with Crippen molar-refractivity contribution in [1.82, 2.24) is 15.2 Å². The van der Waals surface area contributed by atoms with Crippen LogP contribution >= 0.6 is 11.8 Å².